The summed E-state index contributed by atoms with van der Waals surface area (Å²) in [5.74, 6) is 5.60. The lowest BCUT2D eigenvalue weighted by atomic mass is 10.2. The molecule has 4 saturated heterocycles. The number of nitrogens with one attached hydrogen (secondary N) is 1. The van der Waals surface area contributed by atoms with Gasteiger partial charge in [0.25, 0.3) is 39.5 Å². The van der Waals surface area contributed by atoms with E-state index in [0.717, 1.165) is 127 Å². The van der Waals surface area contributed by atoms with E-state index >= 15 is 0 Å². The number of benzene rings is 6. The van der Waals surface area contributed by atoms with E-state index in [9.17, 15) is 27.1 Å². The van der Waals surface area contributed by atoms with Gasteiger partial charge < -0.3 is 81.5 Å². The molecule has 4 aliphatic rings. The van der Waals surface area contributed by atoms with E-state index in [0.29, 0.717) is 87.9 Å². The molecule has 5 N–H and O–H groups in total. The van der Waals surface area contributed by atoms with E-state index in [1.807, 2.05) is 37.3 Å². The van der Waals surface area contributed by atoms with Crippen molar-refractivity contribution in [2.45, 2.75) is 91.6 Å². The Morgan fingerprint density at radius 3 is 1.27 bits per heavy atom. The Hall–Kier alpha value is -10.4. The van der Waals surface area contributed by atoms with Gasteiger partial charge >= 0.3 is 6.09 Å². The van der Waals surface area contributed by atoms with Crippen molar-refractivity contribution in [1.29, 1.82) is 0 Å². The van der Waals surface area contributed by atoms with Gasteiger partial charge in [-0.15, -0.1) is 0 Å². The number of carbonyl (C=O) groups is 1. The van der Waals surface area contributed by atoms with Crippen LogP contribution in [-0.4, -0.2) is 148 Å². The number of hydrogen-bond donors (Lipinski definition) is 4. The molecule has 0 bridgehead atoms. The lowest BCUT2D eigenvalue weighted by Crippen LogP contribution is -2.34. The molecule has 4 aliphatic heterocycles. The van der Waals surface area contributed by atoms with Crippen LogP contribution in [0.2, 0.25) is 5.35 Å². The number of fused-ring (bicyclic) bond motifs is 5. The molecular formula is C77H92ClF2N11O15S. The van der Waals surface area contributed by atoms with E-state index in [4.69, 9.17) is 67.7 Å². The molecule has 5 aromatic heterocycles. The molecule has 1 amide bonds. The number of aryl methyl sites for hydroxylation is 1. The fraction of sp³-hybridized carbons (Fsp3) is 0.403. The maximum Gasteiger partial charge on any atom is 0.407 e. The first kappa shape index (κ1) is 79.2. The number of hydrogen-bond acceptors (Lipinski definition) is 24. The molecule has 9 heterocycles. The third-order valence-electron chi connectivity index (χ3n) is 17.6. The molecule has 6 aromatic carbocycles. The number of carbonyl (C=O) groups excluding carboxylic acids is 1. The summed E-state index contributed by atoms with van der Waals surface area (Å²) < 4.78 is 110. The molecule has 0 radical (unpaired) electrons. The number of nitrogens with zero attached hydrogens (tertiary/aromatic N) is 9. The minimum atomic E-state index is -4.02. The number of rotatable bonds is 16. The first-order valence-corrected chi connectivity index (χ1v) is 37.0. The number of oxazole rings is 5. The van der Waals surface area contributed by atoms with Crippen LogP contribution in [0.3, 0.4) is 0 Å². The van der Waals surface area contributed by atoms with Crippen LogP contribution in [0.25, 0.3) is 55.5 Å². The maximum absolute atomic E-state index is 13.1. The quantitative estimate of drug-likeness (QED) is 0.0653. The zero-order chi connectivity index (χ0) is 76.5. The summed E-state index contributed by atoms with van der Waals surface area (Å²) in [4.78, 5) is 42.2. The maximum atomic E-state index is 13.1. The lowest BCUT2D eigenvalue weighted by molar-refractivity contribution is 0.0531. The molecule has 0 aliphatic carbocycles. The van der Waals surface area contributed by atoms with Crippen LogP contribution in [0.1, 0.15) is 79.7 Å². The second kappa shape index (κ2) is 36.3. The number of phenolic OH excluding ortho intramolecular Hbond substituents is 1. The smallest absolute Gasteiger partial charge is 0.407 e. The largest absolute Gasteiger partial charge is 0.508 e. The second-order valence-corrected chi connectivity index (χ2v) is 29.6. The van der Waals surface area contributed by atoms with Gasteiger partial charge in [-0.1, -0.05) is 45.4 Å². The minimum Gasteiger partial charge on any atom is -0.508 e. The average Bonchev–Trinajstić information content (AvgIpc) is 1.65. The van der Waals surface area contributed by atoms with Crippen molar-refractivity contribution in [1.82, 2.24) is 30.2 Å². The molecule has 26 nitrogen and oxygen atoms in total. The third kappa shape index (κ3) is 22.6. The summed E-state index contributed by atoms with van der Waals surface area (Å²) in [5, 5.41) is 12.0. The Balaban J connectivity index is 0.000000141. The Morgan fingerprint density at radius 1 is 0.561 bits per heavy atom. The van der Waals surface area contributed by atoms with Gasteiger partial charge in [0.15, 0.2) is 27.9 Å². The van der Waals surface area contributed by atoms with E-state index in [2.05, 4.69) is 77.5 Å². The molecule has 0 saturated carbocycles. The molecule has 107 heavy (non-hydrogen) atoms. The van der Waals surface area contributed by atoms with Gasteiger partial charge in [-0.3, -0.25) is 4.55 Å². The first-order chi connectivity index (χ1) is 51.2. The normalized spacial score (nSPS) is 17.4. The zero-order valence-corrected chi connectivity index (χ0v) is 63.2. The molecule has 0 spiro atoms. The number of halogens is 3. The summed E-state index contributed by atoms with van der Waals surface area (Å²) in [5.41, 5.74) is 13.8. The van der Waals surface area contributed by atoms with Gasteiger partial charge in [-0.25, -0.2) is 13.6 Å². The number of anilines is 4. The number of aromatic hydroxyl groups is 1. The standard InChI is InChI=1S/C21H28FN3O4.C16H20FN3O2.C13H16N2O2.C12H14N2O2.C8H6ClNO2.C7H8O3S/c1-14-7-8-25(12-14)19-24-17-6-5-16(9-18(17)28-19)27-13-15(10-22)11-23-20(26)29-21(2,3)4;1-11-4-5-20(9-11)16-19-14-3-2-13(6-15(14)22-16)21-10-12(7-17)8-18;1-9-5-6-15(8-9)13-14-11-4-3-10(16-2)7-12(11)17-13;1-8-4-5-14(7-8)12-13-10-3-2-9(15)6-11(10)16-12;1-11-5-2-3-6-7(4-5)12-8(9)10-6;1-6-2-4-7(5-3-6)11(8,9)10/h5-6,9-10,14H,7-8,11-13H2,1-4H3,(H,23,26);2-3,6-7,11H,4-5,8-10,18H2,1H3;3-4,7,9H,5-6,8H2,1-2H3;2-3,6,8,15H,4-5,7H2,1H3;2-4H,1H3;2-5H,1H3,(H,8,9,10)/b15-10-;12-7-;;;;. The fourth-order valence-electron chi connectivity index (χ4n) is 11.7. The lowest BCUT2D eigenvalue weighted by Gasteiger charge is -2.20. The first-order valence-electron chi connectivity index (χ1n) is 35.2. The molecule has 30 heteroatoms. The highest BCUT2D eigenvalue weighted by Gasteiger charge is 2.27. The summed E-state index contributed by atoms with van der Waals surface area (Å²) in [7, 11) is -0.770. The molecule has 4 fully saturated rings. The fourth-order valence-corrected chi connectivity index (χ4v) is 12.3. The van der Waals surface area contributed by atoms with Crippen molar-refractivity contribution in [2.24, 2.45) is 29.4 Å². The second-order valence-electron chi connectivity index (χ2n) is 27.9. The average molecular weight is 1520 g/mol. The van der Waals surface area contributed by atoms with Crippen molar-refractivity contribution in [3.8, 4) is 28.7 Å². The van der Waals surface area contributed by atoms with Crippen LogP contribution in [0.15, 0.2) is 166 Å². The number of ether oxygens (including phenoxy) is 5. The summed E-state index contributed by atoms with van der Waals surface area (Å²) in [6.07, 6.45) is 4.99. The minimum absolute atomic E-state index is 0.00669. The van der Waals surface area contributed by atoms with Gasteiger partial charge in [-0.2, -0.15) is 33.3 Å². The number of nitrogens with two attached hydrogens (primary N) is 1. The predicted molar refractivity (Wildman–Crippen MR) is 407 cm³/mol. The van der Waals surface area contributed by atoms with E-state index in [-0.39, 0.29) is 47.9 Å². The molecular weight excluding hydrogens is 1420 g/mol. The van der Waals surface area contributed by atoms with Crippen molar-refractivity contribution < 1.29 is 77.4 Å². The number of amides is 1. The van der Waals surface area contributed by atoms with E-state index < -0.39 is 21.8 Å². The van der Waals surface area contributed by atoms with E-state index in [1.54, 1.807) is 108 Å². The third-order valence-corrected chi connectivity index (χ3v) is 18.6. The topological polar surface area (TPSA) is 319 Å². The zero-order valence-electron chi connectivity index (χ0n) is 61.6. The molecule has 4 atom stereocenters. The summed E-state index contributed by atoms with van der Waals surface area (Å²) >= 11 is 5.56. The number of aromatic nitrogens is 5. The van der Waals surface area contributed by atoms with Gasteiger partial charge in [0.2, 0.25) is 0 Å². The van der Waals surface area contributed by atoms with Gasteiger partial charge in [-0.05, 0) is 161 Å². The van der Waals surface area contributed by atoms with Crippen molar-refractivity contribution >= 4 is 107 Å². The van der Waals surface area contributed by atoms with Crippen molar-refractivity contribution in [3.05, 3.63) is 150 Å². The van der Waals surface area contributed by atoms with Crippen LogP contribution in [0.5, 0.6) is 28.7 Å². The Bertz CT molecular complexity index is 4940. The molecule has 15 rings (SSSR count). The number of methoxy groups -OCH3 is 2. The Kier molecular flexibility index (Phi) is 26.9. The van der Waals surface area contributed by atoms with Gasteiger partial charge in [0, 0.05) is 107 Å². The van der Waals surface area contributed by atoms with Crippen molar-refractivity contribution in [2.75, 3.05) is 112 Å². The molecule has 572 valence electrons. The summed E-state index contributed by atoms with van der Waals surface area (Å²) in [6, 6.07) is 35.5. The predicted octanol–water partition coefficient (Wildman–Crippen LogP) is 16.1. The van der Waals surface area contributed by atoms with Gasteiger partial charge in [0.05, 0.1) is 31.8 Å². The van der Waals surface area contributed by atoms with Crippen LogP contribution in [0, 0.1) is 30.6 Å². The van der Waals surface area contributed by atoms with Gasteiger partial charge in [0.1, 0.15) is 75.1 Å². The molecule has 11 aromatic rings. The number of phenols is 1. The van der Waals surface area contributed by atoms with Crippen LogP contribution < -0.4 is 49.6 Å². The number of alkyl carbamates (subject to hydrolysis) is 1. The summed E-state index contributed by atoms with van der Waals surface area (Å²) in [6.45, 7) is 24.2. The highest BCUT2D eigenvalue weighted by Crippen LogP contribution is 2.34. The van der Waals surface area contributed by atoms with Crippen LogP contribution in [-0.2, 0) is 14.9 Å². The Labute approximate surface area is 624 Å². The highest BCUT2D eigenvalue weighted by atomic mass is 35.5. The molecule has 4 unspecified atom stereocenters. The SMILES string of the molecule is CC1CCN(c2nc3ccc(O)cc3o2)C1.CC1CCN(c2nc3ccc(OC/C(=C\F)CN)cc3o2)C1.CC1CCN(c2nc3ccc(OC/C(=C\F)CNC(=O)OC(C)(C)C)cc3o2)C1.COc1ccc2nc(Cl)oc2c1.COc1ccc2nc(N3CCC(C)C3)oc2c1.Cc1ccc(S(=O)(=O)O)cc1. The monoisotopic (exact) mass is 1520 g/mol. The highest BCUT2D eigenvalue weighted by molar-refractivity contribution is 7.85. The van der Waals surface area contributed by atoms with Crippen LogP contribution in [0.4, 0.5) is 37.6 Å². The van der Waals surface area contributed by atoms with E-state index in [1.165, 1.54) is 25.0 Å². The Morgan fingerprint density at radius 2 is 0.916 bits per heavy atom. The van der Waals surface area contributed by atoms with Crippen molar-refractivity contribution in [3.63, 3.8) is 0 Å². The van der Waals surface area contributed by atoms with Crippen LogP contribution >= 0.6 is 11.6 Å².